The molecule has 0 aliphatic rings. The largest absolute Gasteiger partial charge is 0.508 e. The number of halogens is 2. The molecule has 1 heterocycles. The van der Waals surface area contributed by atoms with Gasteiger partial charge in [-0.1, -0.05) is 19.9 Å². The molecule has 0 radical (unpaired) electrons. The fraction of sp³-hybridized carbons (Fsp3) is 0.300. The average Bonchev–Trinajstić information content (AvgIpc) is 2.61. The summed E-state index contributed by atoms with van der Waals surface area (Å²) in [7, 11) is 0. The summed E-state index contributed by atoms with van der Waals surface area (Å²) in [6.45, 7) is 2.87. The molecule has 142 valence electrons. The summed E-state index contributed by atoms with van der Waals surface area (Å²) in [6, 6.07) is 8.75. The number of benzene rings is 2. The molecule has 0 saturated carbocycles. The molecule has 2 aromatic carbocycles. The van der Waals surface area contributed by atoms with Crippen molar-refractivity contribution in [2.24, 2.45) is 0 Å². The van der Waals surface area contributed by atoms with Crippen molar-refractivity contribution in [3.63, 3.8) is 0 Å². The Balaban J connectivity index is 1.77. The highest BCUT2D eigenvalue weighted by Crippen LogP contribution is 2.38. The lowest BCUT2D eigenvalue weighted by Gasteiger charge is -2.32. The van der Waals surface area contributed by atoms with Gasteiger partial charge < -0.3 is 15.5 Å². The van der Waals surface area contributed by atoms with Gasteiger partial charge in [0.2, 0.25) is 5.85 Å². The number of nitrogens with zero attached hydrogens (tertiary/aromatic N) is 2. The molecule has 0 spiro atoms. The highest BCUT2D eigenvalue weighted by atomic mass is 19.2. The molecule has 3 N–H and O–H groups in total. The molecule has 1 unspecified atom stereocenters. The Bertz CT molecular complexity index is 956. The molecule has 3 rings (SSSR count). The molecule has 27 heavy (non-hydrogen) atoms. The van der Waals surface area contributed by atoms with Crippen molar-refractivity contribution in [1.29, 1.82) is 0 Å². The number of phenols is 1. The molecular formula is C20H21F2N3O2. The molecule has 1 atom stereocenters. The van der Waals surface area contributed by atoms with Crippen molar-refractivity contribution in [2.75, 3.05) is 11.9 Å². The maximum atomic E-state index is 14.9. The molecule has 0 amide bonds. The topological polar surface area (TPSA) is 78.3 Å². The summed E-state index contributed by atoms with van der Waals surface area (Å²) in [5, 5.41) is 23.1. The normalized spacial score (nSPS) is 14.1. The first kappa shape index (κ1) is 19.0. The monoisotopic (exact) mass is 373 g/mol. The van der Waals surface area contributed by atoms with Gasteiger partial charge in [0.05, 0.1) is 17.7 Å². The minimum atomic E-state index is -2.60. The molecule has 0 fully saturated rings. The van der Waals surface area contributed by atoms with E-state index in [2.05, 4.69) is 15.3 Å². The number of aromatic nitrogens is 2. The fourth-order valence-corrected chi connectivity index (χ4v) is 3.25. The van der Waals surface area contributed by atoms with Gasteiger partial charge in [-0.15, -0.1) is 0 Å². The molecule has 0 aliphatic carbocycles. The zero-order chi connectivity index (χ0) is 19.7. The summed E-state index contributed by atoms with van der Waals surface area (Å²) in [5.41, 5.74) is 0.987. The van der Waals surface area contributed by atoms with Gasteiger partial charge in [0, 0.05) is 24.4 Å². The van der Waals surface area contributed by atoms with E-state index >= 15 is 0 Å². The summed E-state index contributed by atoms with van der Waals surface area (Å²) < 4.78 is 28.4. The first-order valence-electron chi connectivity index (χ1n) is 8.52. The van der Waals surface area contributed by atoms with Gasteiger partial charge in [0.25, 0.3) is 0 Å². The maximum absolute atomic E-state index is 14.9. The number of hydrogen-bond donors (Lipinski definition) is 3. The highest BCUT2D eigenvalue weighted by molar-refractivity contribution is 5.87. The lowest BCUT2D eigenvalue weighted by molar-refractivity contribution is -0.0942. The molecule has 0 aliphatic heterocycles. The van der Waals surface area contributed by atoms with Crippen molar-refractivity contribution >= 4 is 16.7 Å². The Morgan fingerprint density at radius 1 is 1.11 bits per heavy atom. The molecule has 7 heteroatoms. The summed E-state index contributed by atoms with van der Waals surface area (Å²) >= 11 is 0. The van der Waals surface area contributed by atoms with Crippen molar-refractivity contribution in [2.45, 2.75) is 31.5 Å². The second-order valence-electron chi connectivity index (χ2n) is 7.22. The van der Waals surface area contributed by atoms with E-state index in [0.29, 0.717) is 16.7 Å². The van der Waals surface area contributed by atoms with E-state index in [1.165, 1.54) is 12.3 Å². The van der Waals surface area contributed by atoms with E-state index in [1.807, 2.05) is 0 Å². The van der Waals surface area contributed by atoms with E-state index in [1.54, 1.807) is 38.2 Å². The number of aliphatic hydroxyl groups is 1. The number of rotatable bonds is 6. The van der Waals surface area contributed by atoms with Crippen LogP contribution < -0.4 is 5.32 Å². The number of fused-ring (bicyclic) bond motifs is 1. The van der Waals surface area contributed by atoms with Crippen LogP contribution in [0.4, 0.5) is 14.5 Å². The Hall–Kier alpha value is -2.80. The number of hydrogen-bond acceptors (Lipinski definition) is 5. The van der Waals surface area contributed by atoms with E-state index in [9.17, 15) is 19.0 Å². The molecule has 0 bridgehead atoms. The van der Waals surface area contributed by atoms with Crippen LogP contribution in [0.2, 0.25) is 0 Å². The van der Waals surface area contributed by atoms with Crippen LogP contribution in [0.15, 0.2) is 48.8 Å². The highest BCUT2D eigenvalue weighted by Gasteiger charge is 2.37. The quantitative estimate of drug-likeness (QED) is 0.611. The number of alkyl halides is 1. The molecule has 5 nitrogen and oxygen atoms in total. The Labute approximate surface area is 155 Å². The number of aromatic hydroxyl groups is 1. The second kappa shape index (κ2) is 7.08. The predicted octanol–water partition coefficient (Wildman–Crippen LogP) is 3.91. The van der Waals surface area contributed by atoms with Crippen LogP contribution in [-0.4, -0.2) is 32.6 Å². The third-order valence-electron chi connectivity index (χ3n) is 4.45. The number of nitrogens with one attached hydrogen (secondary N) is 1. The van der Waals surface area contributed by atoms with Crippen molar-refractivity contribution in [1.82, 2.24) is 9.97 Å². The molecule has 0 saturated heterocycles. The van der Waals surface area contributed by atoms with Crippen LogP contribution >= 0.6 is 0 Å². The van der Waals surface area contributed by atoms with Crippen LogP contribution in [-0.2, 0) is 5.41 Å². The predicted molar refractivity (Wildman–Crippen MR) is 99.8 cm³/mol. The lowest BCUT2D eigenvalue weighted by atomic mass is 9.78. The van der Waals surface area contributed by atoms with Gasteiger partial charge in [0.15, 0.2) is 0 Å². The molecule has 3 aromatic rings. The number of para-hydroxylation sites is 1. The average molecular weight is 373 g/mol. The van der Waals surface area contributed by atoms with E-state index in [4.69, 9.17) is 0 Å². The van der Waals surface area contributed by atoms with Gasteiger partial charge in [-0.05, 0) is 35.7 Å². The van der Waals surface area contributed by atoms with Crippen LogP contribution in [0, 0.1) is 5.82 Å². The zero-order valence-electron chi connectivity index (χ0n) is 15.1. The smallest absolute Gasteiger partial charge is 0.225 e. The van der Waals surface area contributed by atoms with E-state index in [-0.39, 0.29) is 17.7 Å². The van der Waals surface area contributed by atoms with E-state index < -0.39 is 23.6 Å². The first-order chi connectivity index (χ1) is 12.7. The van der Waals surface area contributed by atoms with Crippen molar-refractivity contribution < 1.29 is 19.0 Å². The van der Waals surface area contributed by atoms with Gasteiger partial charge in [0.1, 0.15) is 17.1 Å². The van der Waals surface area contributed by atoms with Crippen LogP contribution in [0.25, 0.3) is 11.0 Å². The lowest BCUT2D eigenvalue weighted by Crippen LogP contribution is -2.38. The Morgan fingerprint density at radius 3 is 2.63 bits per heavy atom. The SMILES string of the molecule is CC(C)(CC(O)(F)CNc1cccc2nccnc12)c1cc(F)ccc1O. The zero-order valence-corrected chi connectivity index (χ0v) is 15.1. The van der Waals surface area contributed by atoms with Crippen LogP contribution in [0.3, 0.4) is 0 Å². The van der Waals surface area contributed by atoms with E-state index in [0.717, 1.165) is 12.1 Å². The first-order valence-corrected chi connectivity index (χ1v) is 8.52. The maximum Gasteiger partial charge on any atom is 0.225 e. The minimum Gasteiger partial charge on any atom is -0.508 e. The van der Waals surface area contributed by atoms with Gasteiger partial charge in [-0.2, -0.15) is 0 Å². The molecule has 1 aromatic heterocycles. The fourth-order valence-electron chi connectivity index (χ4n) is 3.25. The standard InChI is InChI=1S/C20H21F2N3O2/c1-19(2,14-10-13(21)6-7-17(14)26)11-20(22,27)12-25-16-5-3-4-15-18(16)24-9-8-23-15/h3-10,25-27H,11-12H2,1-2H3. The van der Waals surface area contributed by atoms with Gasteiger partial charge in [-0.3, -0.25) is 9.97 Å². The Morgan fingerprint density at radius 2 is 1.85 bits per heavy atom. The second-order valence-corrected chi connectivity index (χ2v) is 7.22. The number of phenolic OH excluding ortho intramolecular Hbond substituents is 1. The minimum absolute atomic E-state index is 0.144. The summed E-state index contributed by atoms with van der Waals surface area (Å²) in [4.78, 5) is 8.40. The van der Waals surface area contributed by atoms with Gasteiger partial charge >= 0.3 is 0 Å². The number of anilines is 1. The van der Waals surface area contributed by atoms with Crippen molar-refractivity contribution in [3.8, 4) is 5.75 Å². The van der Waals surface area contributed by atoms with Crippen molar-refractivity contribution in [3.05, 3.63) is 60.2 Å². The Kier molecular flexibility index (Phi) is 4.97. The molecular weight excluding hydrogens is 352 g/mol. The van der Waals surface area contributed by atoms with Gasteiger partial charge in [-0.25, -0.2) is 8.78 Å². The third kappa shape index (κ3) is 4.31. The summed E-state index contributed by atoms with van der Waals surface area (Å²) in [6.07, 6.45) is 2.75. The van der Waals surface area contributed by atoms with Crippen LogP contribution in [0.1, 0.15) is 25.8 Å². The summed E-state index contributed by atoms with van der Waals surface area (Å²) in [5.74, 6) is -3.28. The third-order valence-corrected chi connectivity index (χ3v) is 4.45. The van der Waals surface area contributed by atoms with Crippen LogP contribution in [0.5, 0.6) is 5.75 Å².